The number of piperidine rings is 1. The first-order valence-corrected chi connectivity index (χ1v) is 15.7. The third-order valence-electron chi connectivity index (χ3n) is 5.96. The third kappa shape index (κ3) is 6.99. The van der Waals surface area contributed by atoms with Crippen molar-refractivity contribution >= 4 is 48.3 Å². The monoisotopic (exact) mass is 517 g/mol. The van der Waals surface area contributed by atoms with Crippen molar-refractivity contribution in [1.29, 1.82) is 5.26 Å². The van der Waals surface area contributed by atoms with Crippen LogP contribution in [0.25, 0.3) is 10.9 Å². The van der Waals surface area contributed by atoms with Gasteiger partial charge in [0.05, 0.1) is 18.7 Å². The first-order chi connectivity index (χ1) is 16.5. The third-order valence-corrected chi connectivity index (χ3v) is 7.81. The van der Waals surface area contributed by atoms with Crippen LogP contribution in [0.2, 0.25) is 30.7 Å². The summed E-state index contributed by atoms with van der Waals surface area (Å²) in [4.78, 5) is 41.4. The van der Waals surface area contributed by atoms with Crippen LogP contribution in [0.5, 0.6) is 5.75 Å². The summed E-state index contributed by atoms with van der Waals surface area (Å²) in [6.45, 7) is 6.94. The maximum absolute atomic E-state index is 13.2. The fourth-order valence-corrected chi connectivity index (χ4v) is 6.00. The van der Waals surface area contributed by atoms with E-state index >= 15 is 0 Å². The van der Waals surface area contributed by atoms with Gasteiger partial charge in [-0.1, -0.05) is 31.2 Å². The minimum atomic E-state index is -1.79. The number of fused-ring (bicyclic) bond motifs is 1. The number of aromatic amines is 1. The van der Waals surface area contributed by atoms with Gasteiger partial charge in [0.1, 0.15) is 23.5 Å². The summed E-state index contributed by atoms with van der Waals surface area (Å²) in [5.41, 5.74) is 0.908. The van der Waals surface area contributed by atoms with E-state index in [1.54, 1.807) is 18.2 Å². The molecule has 9 nitrogen and oxygen atoms in total. The number of H-pyrrole nitrogens is 1. The Hall–Kier alpha value is -3.03. The lowest BCUT2D eigenvalue weighted by molar-refractivity contribution is -0.128. The second-order valence-electron chi connectivity index (χ2n) is 10.1. The van der Waals surface area contributed by atoms with Gasteiger partial charge >= 0.3 is 0 Å². The average molecular weight is 518 g/mol. The van der Waals surface area contributed by atoms with Gasteiger partial charge in [0.15, 0.2) is 0 Å². The average Bonchev–Trinajstić information content (AvgIpc) is 3.22. The number of hydrogen-bond donors (Lipinski definition) is 4. The smallest absolute Gasteiger partial charge is 0.268 e. The molecule has 35 heavy (non-hydrogen) atoms. The molecule has 2 heterocycles. The molecule has 0 unspecified atom stereocenters. The number of nitrogens with one attached hydrogen (secondary N) is 4. The van der Waals surface area contributed by atoms with Crippen molar-refractivity contribution in [3.63, 3.8) is 0 Å². The molecule has 3 rings (SSSR count). The van der Waals surface area contributed by atoms with Gasteiger partial charge in [0, 0.05) is 30.9 Å². The van der Waals surface area contributed by atoms with Gasteiger partial charge in [0.2, 0.25) is 11.8 Å². The minimum absolute atomic E-state index is 0.0907. The number of hydrogen-bond acceptors (Lipinski definition) is 5. The molecule has 1 aliphatic rings. The maximum Gasteiger partial charge on any atom is 0.268 e. The number of amides is 3. The first kappa shape index (κ1) is 26.6. The highest BCUT2D eigenvalue weighted by Gasteiger charge is 2.31. The van der Waals surface area contributed by atoms with Crippen molar-refractivity contribution in [1.82, 2.24) is 20.9 Å². The van der Waals surface area contributed by atoms with Gasteiger partial charge < -0.3 is 25.7 Å². The van der Waals surface area contributed by atoms with Gasteiger partial charge in [0.25, 0.3) is 5.91 Å². The van der Waals surface area contributed by atoms with Crippen LogP contribution in [-0.4, -0.2) is 56.5 Å². The lowest BCUT2D eigenvalue weighted by Gasteiger charge is -2.27. The predicted molar refractivity (Wildman–Crippen MR) is 137 cm³/mol. The first-order valence-electron chi connectivity index (χ1n) is 11.7. The molecule has 2 aromatic rings. The zero-order valence-electron chi connectivity index (χ0n) is 20.5. The summed E-state index contributed by atoms with van der Waals surface area (Å²) in [5, 5.41) is 19.2. The van der Waals surface area contributed by atoms with Crippen LogP contribution in [0, 0.1) is 17.2 Å². The lowest BCUT2D eigenvalue weighted by atomic mass is 9.92. The topological polar surface area (TPSA) is 136 Å². The fourth-order valence-electron chi connectivity index (χ4n) is 4.28. The van der Waals surface area contributed by atoms with Crippen molar-refractivity contribution in [2.24, 2.45) is 5.92 Å². The number of benzene rings is 1. The van der Waals surface area contributed by atoms with Crippen molar-refractivity contribution in [3.8, 4) is 11.8 Å². The van der Waals surface area contributed by atoms with Crippen LogP contribution in [0.1, 0.15) is 29.8 Å². The van der Waals surface area contributed by atoms with Crippen molar-refractivity contribution in [2.75, 3.05) is 13.7 Å². The van der Waals surface area contributed by atoms with E-state index in [-0.39, 0.29) is 23.9 Å². The molecule has 1 saturated heterocycles. The largest absolute Gasteiger partial charge is 0.496 e. The lowest BCUT2D eigenvalue weighted by Crippen LogP contribution is -2.52. The molecule has 0 saturated carbocycles. The van der Waals surface area contributed by atoms with Gasteiger partial charge in [-0.25, -0.2) is 0 Å². The molecule has 1 fully saturated rings. The Kier molecular flexibility index (Phi) is 8.46. The van der Waals surface area contributed by atoms with Crippen LogP contribution in [0.15, 0.2) is 18.2 Å². The molecule has 1 aromatic heterocycles. The molecule has 3 atom stereocenters. The highest BCUT2D eigenvalue weighted by molar-refractivity contribution is 6.76. The quantitative estimate of drug-likeness (QED) is 0.379. The molecule has 4 N–H and O–H groups in total. The maximum atomic E-state index is 13.2. The van der Waals surface area contributed by atoms with Crippen LogP contribution >= 0.6 is 11.6 Å². The number of nitrogens with zero attached hydrogens (tertiary/aromatic N) is 1. The van der Waals surface area contributed by atoms with Gasteiger partial charge in [-0.2, -0.15) is 5.26 Å². The Bertz CT molecular complexity index is 1150. The number of ether oxygens (including phenoxy) is 1. The molecule has 0 aliphatic carbocycles. The number of methoxy groups -OCH3 is 1. The Morgan fingerprint density at radius 3 is 2.66 bits per heavy atom. The summed E-state index contributed by atoms with van der Waals surface area (Å²) in [6, 6.07) is 5.96. The molecule has 1 aliphatic heterocycles. The second kappa shape index (κ2) is 11.1. The molecule has 1 aromatic carbocycles. The summed E-state index contributed by atoms with van der Waals surface area (Å²) in [5.74, 6) is -0.750. The van der Waals surface area contributed by atoms with Crippen LogP contribution in [-0.2, 0) is 9.59 Å². The SMILES string of the molecule is COc1cc(Cl)cc2[nH]c(C(=O)N[C@@H](C[Si](C)(C)C)C(=O)N[C@H](C#N)C[C@@H]3CCCNC3=O)cc12. The number of rotatable bonds is 9. The molecule has 11 heteroatoms. The molecular weight excluding hydrogens is 486 g/mol. The van der Waals surface area contributed by atoms with Crippen molar-refractivity contribution in [2.45, 2.75) is 57.0 Å². The molecule has 0 radical (unpaired) electrons. The van der Waals surface area contributed by atoms with E-state index in [4.69, 9.17) is 16.3 Å². The number of aromatic nitrogens is 1. The van der Waals surface area contributed by atoms with Gasteiger partial charge in [-0.15, -0.1) is 0 Å². The Labute approximate surface area is 210 Å². The number of nitriles is 1. The van der Waals surface area contributed by atoms with E-state index in [2.05, 4.69) is 46.6 Å². The summed E-state index contributed by atoms with van der Waals surface area (Å²) >= 11 is 6.13. The highest BCUT2D eigenvalue weighted by atomic mass is 35.5. The van der Waals surface area contributed by atoms with E-state index in [9.17, 15) is 19.6 Å². The highest BCUT2D eigenvalue weighted by Crippen LogP contribution is 2.30. The standard InChI is InChI=1S/C24H32ClN5O4Si/c1-34-21-10-15(25)9-18-17(21)11-19(29-18)23(32)30-20(13-35(2,3)4)24(33)28-16(12-26)8-14-6-5-7-27-22(14)31/h9-11,14,16,20,29H,5-8,13H2,1-4H3,(H,27,31)(H,28,33)(H,30,32)/t14-,16-,20-/m0/s1. The van der Waals surface area contributed by atoms with Crippen LogP contribution < -0.4 is 20.7 Å². The zero-order valence-corrected chi connectivity index (χ0v) is 22.2. The van der Waals surface area contributed by atoms with Gasteiger partial charge in [-0.05, 0) is 43.5 Å². The van der Waals surface area contributed by atoms with E-state index < -0.39 is 32.0 Å². The van der Waals surface area contributed by atoms with Crippen molar-refractivity contribution < 1.29 is 19.1 Å². The number of halogens is 1. The second-order valence-corrected chi connectivity index (χ2v) is 16.1. The molecule has 188 valence electrons. The van der Waals surface area contributed by atoms with E-state index in [0.717, 1.165) is 6.42 Å². The summed E-state index contributed by atoms with van der Waals surface area (Å²) in [6.07, 6.45) is 1.77. The Morgan fingerprint density at radius 2 is 2.03 bits per heavy atom. The Balaban J connectivity index is 1.76. The predicted octanol–water partition coefficient (Wildman–Crippen LogP) is 3.19. The zero-order chi connectivity index (χ0) is 25.8. The molecule has 0 spiro atoms. The summed E-state index contributed by atoms with van der Waals surface area (Å²) < 4.78 is 5.36. The summed E-state index contributed by atoms with van der Waals surface area (Å²) in [7, 11) is -0.267. The fraction of sp³-hybridized carbons (Fsp3) is 0.500. The number of carbonyl (C=O) groups excluding carboxylic acids is 3. The van der Waals surface area contributed by atoms with E-state index in [0.29, 0.717) is 40.7 Å². The van der Waals surface area contributed by atoms with Gasteiger partial charge in [-0.3, -0.25) is 14.4 Å². The normalized spacial score (nSPS) is 17.7. The van der Waals surface area contributed by atoms with Crippen LogP contribution in [0.3, 0.4) is 0 Å². The van der Waals surface area contributed by atoms with Crippen molar-refractivity contribution in [3.05, 3.63) is 28.9 Å². The number of carbonyl (C=O) groups is 3. The molecular formula is C24H32ClN5O4Si. The Morgan fingerprint density at radius 1 is 1.29 bits per heavy atom. The molecule has 3 amide bonds. The van der Waals surface area contributed by atoms with E-state index in [1.807, 2.05) is 0 Å². The van der Waals surface area contributed by atoms with Crippen LogP contribution in [0.4, 0.5) is 0 Å². The minimum Gasteiger partial charge on any atom is -0.496 e. The van der Waals surface area contributed by atoms with E-state index in [1.165, 1.54) is 7.11 Å². The molecule has 0 bridgehead atoms.